The molecule has 1 aromatic carbocycles. The maximum absolute atomic E-state index is 12.2. The van der Waals surface area contributed by atoms with Gasteiger partial charge < -0.3 is 24.6 Å². The van der Waals surface area contributed by atoms with Gasteiger partial charge in [0.25, 0.3) is 0 Å². The lowest BCUT2D eigenvalue weighted by Crippen LogP contribution is -2.39. The lowest BCUT2D eigenvalue weighted by Gasteiger charge is -2.29. The van der Waals surface area contributed by atoms with Crippen LogP contribution in [0.2, 0.25) is 0 Å². The van der Waals surface area contributed by atoms with E-state index in [1.807, 2.05) is 39.0 Å². The van der Waals surface area contributed by atoms with Crippen LogP contribution in [0.4, 0.5) is 10.7 Å². The number of nitrogen functional groups attached to an aromatic ring is 1. The van der Waals surface area contributed by atoms with Gasteiger partial charge in [0.05, 0.1) is 7.11 Å². The number of anilines is 1. The van der Waals surface area contributed by atoms with E-state index in [9.17, 15) is 4.79 Å². The van der Waals surface area contributed by atoms with Crippen LogP contribution in [0, 0.1) is 0 Å². The van der Waals surface area contributed by atoms with Gasteiger partial charge in [-0.1, -0.05) is 17.3 Å². The third kappa shape index (κ3) is 4.42. The Morgan fingerprint density at radius 3 is 2.63 bits per heavy atom. The highest BCUT2D eigenvalue weighted by Gasteiger charge is 2.24. The molecule has 2 aromatic rings. The summed E-state index contributed by atoms with van der Waals surface area (Å²) in [5, 5.41) is 3.94. The van der Waals surface area contributed by atoms with Crippen LogP contribution in [0.25, 0.3) is 16.8 Å². The van der Waals surface area contributed by atoms with Gasteiger partial charge in [0, 0.05) is 24.7 Å². The van der Waals surface area contributed by atoms with Gasteiger partial charge in [0.2, 0.25) is 5.88 Å². The van der Waals surface area contributed by atoms with Crippen molar-refractivity contribution < 1.29 is 18.8 Å². The zero-order valence-electron chi connectivity index (χ0n) is 16.1. The Bertz CT molecular complexity index is 864. The van der Waals surface area contributed by atoms with Crippen molar-refractivity contribution in [1.82, 2.24) is 10.1 Å². The summed E-state index contributed by atoms with van der Waals surface area (Å²) >= 11 is 0. The van der Waals surface area contributed by atoms with Crippen LogP contribution in [0.3, 0.4) is 0 Å². The smallest absolute Gasteiger partial charge is 0.410 e. The number of carbonyl (C=O) groups excluding carboxylic acids is 1. The lowest BCUT2D eigenvalue weighted by molar-refractivity contribution is 0.0270. The van der Waals surface area contributed by atoms with Gasteiger partial charge in [-0.05, 0) is 50.5 Å². The molecule has 2 heterocycles. The van der Waals surface area contributed by atoms with E-state index in [1.54, 1.807) is 18.1 Å². The largest absolute Gasteiger partial charge is 0.496 e. The second kappa shape index (κ2) is 7.34. The summed E-state index contributed by atoms with van der Waals surface area (Å²) in [4.78, 5) is 13.9. The summed E-state index contributed by atoms with van der Waals surface area (Å²) < 4.78 is 15.9. The fourth-order valence-electron chi connectivity index (χ4n) is 2.94. The molecule has 0 fully saturated rings. The second-order valence-corrected chi connectivity index (χ2v) is 7.44. The Labute approximate surface area is 158 Å². The first-order chi connectivity index (χ1) is 12.8. The maximum atomic E-state index is 12.2. The van der Waals surface area contributed by atoms with Crippen molar-refractivity contribution in [3.05, 3.63) is 35.9 Å². The second-order valence-electron chi connectivity index (χ2n) is 7.44. The van der Waals surface area contributed by atoms with Gasteiger partial charge in [-0.15, -0.1) is 0 Å². The Balaban J connectivity index is 1.77. The lowest BCUT2D eigenvalue weighted by atomic mass is 9.97. The van der Waals surface area contributed by atoms with Crippen LogP contribution in [0.15, 0.2) is 34.9 Å². The van der Waals surface area contributed by atoms with Gasteiger partial charge >= 0.3 is 6.09 Å². The average molecular weight is 371 g/mol. The number of benzene rings is 1. The summed E-state index contributed by atoms with van der Waals surface area (Å²) in [6.07, 6.45) is 2.52. The monoisotopic (exact) mass is 371 g/mol. The minimum Gasteiger partial charge on any atom is -0.496 e. The van der Waals surface area contributed by atoms with Crippen molar-refractivity contribution >= 4 is 17.6 Å². The van der Waals surface area contributed by atoms with Crippen LogP contribution < -0.4 is 10.5 Å². The Morgan fingerprint density at radius 2 is 2.07 bits per heavy atom. The van der Waals surface area contributed by atoms with Gasteiger partial charge in [-0.3, -0.25) is 0 Å². The predicted molar refractivity (Wildman–Crippen MR) is 103 cm³/mol. The molecule has 1 amide bonds. The first kappa shape index (κ1) is 18.8. The van der Waals surface area contributed by atoms with E-state index in [0.717, 1.165) is 17.5 Å². The SMILES string of the molecule is COc1cc(C2=CCN(C(=O)OC(C)(C)C)CC2)ccc1-c1cc(N)on1. The fraction of sp³-hybridized carbons (Fsp3) is 0.400. The molecule has 27 heavy (non-hydrogen) atoms. The standard InChI is InChI=1S/C20H25N3O4/c1-20(2,3)26-19(24)23-9-7-13(8-10-23)14-5-6-15(17(11-14)25-4)16-12-18(21)27-22-16/h5-7,11-12H,8-10,21H2,1-4H3. The van der Waals surface area contributed by atoms with E-state index < -0.39 is 5.60 Å². The predicted octanol–water partition coefficient (Wildman–Crippen LogP) is 3.96. The molecule has 0 bridgehead atoms. The van der Waals surface area contributed by atoms with Crippen molar-refractivity contribution in [1.29, 1.82) is 0 Å². The first-order valence-electron chi connectivity index (χ1n) is 8.85. The number of hydrogen-bond donors (Lipinski definition) is 1. The number of aromatic nitrogens is 1. The Morgan fingerprint density at radius 1 is 1.30 bits per heavy atom. The van der Waals surface area contributed by atoms with Gasteiger partial charge in [-0.2, -0.15) is 0 Å². The van der Waals surface area contributed by atoms with Crippen molar-refractivity contribution in [2.75, 3.05) is 25.9 Å². The van der Waals surface area contributed by atoms with Crippen molar-refractivity contribution in [2.24, 2.45) is 0 Å². The summed E-state index contributed by atoms with van der Waals surface area (Å²) in [7, 11) is 1.62. The van der Waals surface area contributed by atoms with E-state index in [2.05, 4.69) is 11.2 Å². The number of methoxy groups -OCH3 is 1. The Hall–Kier alpha value is -2.96. The number of ether oxygens (including phenoxy) is 2. The molecule has 0 unspecified atom stereocenters. The van der Waals surface area contributed by atoms with E-state index >= 15 is 0 Å². The number of rotatable bonds is 3. The number of hydrogen-bond acceptors (Lipinski definition) is 6. The van der Waals surface area contributed by atoms with Crippen LogP contribution in [-0.4, -0.2) is 42.0 Å². The highest BCUT2D eigenvalue weighted by molar-refractivity contribution is 5.76. The van der Waals surface area contributed by atoms with Gasteiger partial charge in [0.15, 0.2) is 0 Å². The molecule has 7 nitrogen and oxygen atoms in total. The van der Waals surface area contributed by atoms with Crippen molar-refractivity contribution in [3.63, 3.8) is 0 Å². The zero-order valence-corrected chi connectivity index (χ0v) is 16.1. The number of nitrogens with zero attached hydrogens (tertiary/aromatic N) is 2. The summed E-state index contributed by atoms with van der Waals surface area (Å²) in [5.74, 6) is 0.949. The van der Waals surface area contributed by atoms with Crippen molar-refractivity contribution in [3.8, 4) is 17.0 Å². The fourth-order valence-corrected chi connectivity index (χ4v) is 2.94. The zero-order chi connectivity index (χ0) is 19.6. The molecule has 7 heteroatoms. The molecule has 144 valence electrons. The molecule has 0 radical (unpaired) electrons. The van der Waals surface area contributed by atoms with Crippen LogP contribution in [0.1, 0.15) is 32.8 Å². The molecule has 1 aliphatic heterocycles. The number of nitrogens with two attached hydrogens (primary N) is 1. The minimum absolute atomic E-state index is 0.258. The van der Waals surface area contributed by atoms with Crippen LogP contribution >= 0.6 is 0 Å². The molecule has 2 N–H and O–H groups in total. The molecule has 0 aliphatic carbocycles. The normalized spacial score (nSPS) is 14.7. The molecular formula is C20H25N3O4. The molecule has 1 aliphatic rings. The quantitative estimate of drug-likeness (QED) is 0.878. The molecule has 0 spiro atoms. The molecular weight excluding hydrogens is 346 g/mol. The topological polar surface area (TPSA) is 90.8 Å². The molecule has 0 saturated carbocycles. The van der Waals surface area contributed by atoms with Crippen LogP contribution in [0.5, 0.6) is 5.75 Å². The summed E-state index contributed by atoms with van der Waals surface area (Å²) in [5.41, 5.74) is 8.78. The number of amides is 1. The molecule has 0 saturated heterocycles. The molecule has 0 atom stereocenters. The number of carbonyl (C=O) groups is 1. The van der Waals surface area contributed by atoms with E-state index in [-0.39, 0.29) is 12.0 Å². The summed E-state index contributed by atoms with van der Waals surface area (Å²) in [6.45, 7) is 6.74. The molecule has 1 aromatic heterocycles. The van der Waals surface area contributed by atoms with Gasteiger partial charge in [0.1, 0.15) is 17.0 Å². The molecule has 3 rings (SSSR count). The average Bonchev–Trinajstić information content (AvgIpc) is 3.06. The van der Waals surface area contributed by atoms with E-state index in [0.29, 0.717) is 24.5 Å². The van der Waals surface area contributed by atoms with E-state index in [1.165, 1.54) is 5.57 Å². The van der Waals surface area contributed by atoms with E-state index in [4.69, 9.17) is 19.7 Å². The highest BCUT2D eigenvalue weighted by Crippen LogP contribution is 2.34. The summed E-state index contributed by atoms with van der Waals surface area (Å²) in [6, 6.07) is 7.58. The van der Waals surface area contributed by atoms with Gasteiger partial charge in [-0.25, -0.2) is 4.79 Å². The third-order valence-corrected chi connectivity index (χ3v) is 4.24. The maximum Gasteiger partial charge on any atom is 0.410 e. The highest BCUT2D eigenvalue weighted by atomic mass is 16.6. The minimum atomic E-state index is -0.491. The third-order valence-electron chi connectivity index (χ3n) is 4.24. The Kier molecular flexibility index (Phi) is 5.12. The van der Waals surface area contributed by atoms with Crippen molar-refractivity contribution in [2.45, 2.75) is 32.8 Å². The van der Waals surface area contributed by atoms with Crippen LogP contribution in [-0.2, 0) is 4.74 Å². The first-order valence-corrected chi connectivity index (χ1v) is 8.85.